The van der Waals surface area contributed by atoms with Crippen molar-refractivity contribution in [1.29, 1.82) is 0 Å². The van der Waals surface area contributed by atoms with Crippen molar-refractivity contribution in [3.8, 4) is 0 Å². The lowest BCUT2D eigenvalue weighted by atomic mass is 10.3. The topological polar surface area (TPSA) is 40.5 Å². The van der Waals surface area contributed by atoms with E-state index in [1.165, 1.54) is 0 Å². The lowest BCUT2D eigenvalue weighted by Crippen LogP contribution is -2.22. The molecule has 13 heavy (non-hydrogen) atoms. The van der Waals surface area contributed by atoms with Gasteiger partial charge in [-0.25, -0.2) is 0 Å². The number of carboxylic acids is 1. The van der Waals surface area contributed by atoms with Gasteiger partial charge in [-0.2, -0.15) is 0 Å². The van der Waals surface area contributed by atoms with E-state index in [2.05, 4.69) is 4.90 Å². The number of rotatable bonds is 6. The van der Waals surface area contributed by atoms with Gasteiger partial charge in [-0.1, -0.05) is 0 Å². The minimum Gasteiger partial charge on any atom is -0.480 e. The molecule has 0 saturated heterocycles. The highest BCUT2D eigenvalue weighted by molar-refractivity contribution is 8.00. The summed E-state index contributed by atoms with van der Waals surface area (Å²) in [4.78, 5) is 12.9. The normalized spacial score (nSPS) is 19.0. The van der Waals surface area contributed by atoms with Crippen LogP contribution in [0.3, 0.4) is 0 Å². The molecule has 1 N–H and O–H groups in total. The van der Waals surface area contributed by atoms with Crippen LogP contribution in [-0.4, -0.2) is 47.6 Å². The van der Waals surface area contributed by atoms with Gasteiger partial charge in [0.05, 0.1) is 0 Å². The molecule has 1 atom stereocenters. The zero-order valence-corrected chi connectivity index (χ0v) is 9.01. The molecule has 4 heteroatoms. The summed E-state index contributed by atoms with van der Waals surface area (Å²) >= 11 is 1.59. The Morgan fingerprint density at radius 2 is 2.23 bits per heavy atom. The van der Waals surface area contributed by atoms with Crippen molar-refractivity contribution in [2.24, 2.45) is 5.92 Å². The van der Waals surface area contributed by atoms with Crippen molar-refractivity contribution in [1.82, 2.24) is 4.90 Å². The van der Waals surface area contributed by atoms with Crippen LogP contribution in [0.25, 0.3) is 0 Å². The molecule has 0 aromatic heterocycles. The number of nitrogens with zero attached hydrogens (tertiary/aromatic N) is 1. The van der Waals surface area contributed by atoms with E-state index in [1.807, 2.05) is 14.1 Å². The molecule has 0 aliphatic heterocycles. The summed E-state index contributed by atoms with van der Waals surface area (Å²) < 4.78 is 0. The largest absolute Gasteiger partial charge is 0.480 e. The Morgan fingerprint density at radius 3 is 2.62 bits per heavy atom. The minimum atomic E-state index is -0.633. The van der Waals surface area contributed by atoms with Crippen molar-refractivity contribution < 1.29 is 9.90 Å². The third kappa shape index (κ3) is 4.00. The van der Waals surface area contributed by atoms with Crippen molar-refractivity contribution >= 4 is 17.7 Å². The molecule has 0 bridgehead atoms. The lowest BCUT2D eigenvalue weighted by Gasteiger charge is -2.13. The number of carbonyl (C=O) groups is 1. The van der Waals surface area contributed by atoms with Crippen LogP contribution in [0.1, 0.15) is 12.8 Å². The number of hydrogen-bond acceptors (Lipinski definition) is 3. The molecule has 3 nitrogen and oxygen atoms in total. The first-order chi connectivity index (χ1) is 6.11. The Hall–Kier alpha value is -0.220. The fourth-order valence-electron chi connectivity index (χ4n) is 1.17. The van der Waals surface area contributed by atoms with Gasteiger partial charge >= 0.3 is 5.97 Å². The smallest absolute Gasteiger partial charge is 0.316 e. The molecule has 1 saturated carbocycles. The molecule has 1 rings (SSSR count). The molecule has 0 spiro atoms. The second kappa shape index (κ2) is 4.86. The van der Waals surface area contributed by atoms with Crippen LogP contribution in [0.4, 0.5) is 0 Å². The summed E-state index contributed by atoms with van der Waals surface area (Å²) in [7, 11) is 4.01. The Balaban J connectivity index is 2.19. The van der Waals surface area contributed by atoms with Crippen LogP contribution in [0.15, 0.2) is 0 Å². The monoisotopic (exact) mass is 203 g/mol. The van der Waals surface area contributed by atoms with E-state index in [-0.39, 0.29) is 5.25 Å². The first kappa shape index (κ1) is 10.9. The van der Waals surface area contributed by atoms with Gasteiger partial charge in [0, 0.05) is 12.3 Å². The van der Waals surface area contributed by atoms with Gasteiger partial charge in [-0.3, -0.25) is 4.79 Å². The Morgan fingerprint density at radius 1 is 1.62 bits per heavy atom. The average molecular weight is 203 g/mol. The number of hydrogen-bond donors (Lipinski definition) is 1. The first-order valence-electron chi connectivity index (χ1n) is 4.60. The van der Waals surface area contributed by atoms with Crippen molar-refractivity contribution in [3.05, 3.63) is 0 Å². The van der Waals surface area contributed by atoms with E-state index < -0.39 is 5.97 Å². The Labute approximate surface area is 83.5 Å². The summed E-state index contributed by atoms with van der Waals surface area (Å²) in [5.74, 6) is 0.733. The van der Waals surface area contributed by atoms with Gasteiger partial charge in [-0.15, -0.1) is 11.8 Å². The molecular formula is C9H17NO2S. The van der Waals surface area contributed by atoms with E-state index in [0.29, 0.717) is 5.92 Å². The number of thioether (sulfide) groups is 1. The molecular weight excluding hydrogens is 186 g/mol. The highest BCUT2D eigenvalue weighted by Crippen LogP contribution is 2.38. The molecule has 1 aliphatic carbocycles. The maximum absolute atomic E-state index is 10.8. The van der Waals surface area contributed by atoms with E-state index in [9.17, 15) is 4.79 Å². The zero-order chi connectivity index (χ0) is 9.84. The summed E-state index contributed by atoms with van der Waals surface area (Å²) in [5.41, 5.74) is 0. The van der Waals surface area contributed by atoms with E-state index in [0.717, 1.165) is 25.1 Å². The Kier molecular flexibility index (Phi) is 4.06. The SMILES string of the molecule is CN(C)CCSC(C(=O)O)C1CC1. The highest BCUT2D eigenvalue weighted by atomic mass is 32.2. The second-order valence-electron chi connectivity index (χ2n) is 3.77. The van der Waals surface area contributed by atoms with Gasteiger partial charge in [0.2, 0.25) is 0 Å². The highest BCUT2D eigenvalue weighted by Gasteiger charge is 2.36. The van der Waals surface area contributed by atoms with Crippen molar-refractivity contribution in [3.63, 3.8) is 0 Å². The number of aliphatic carboxylic acids is 1. The minimum absolute atomic E-state index is 0.153. The van der Waals surface area contributed by atoms with E-state index >= 15 is 0 Å². The predicted octanol–water partition coefficient (Wildman–Crippen LogP) is 1.14. The van der Waals surface area contributed by atoms with Crippen molar-refractivity contribution in [2.75, 3.05) is 26.4 Å². The number of carboxylic acid groups (broad SMARTS) is 1. The molecule has 0 aromatic rings. The van der Waals surface area contributed by atoms with Gasteiger partial charge in [0.1, 0.15) is 5.25 Å². The molecule has 0 amide bonds. The molecule has 0 heterocycles. The second-order valence-corrected chi connectivity index (χ2v) is 5.02. The standard InChI is InChI=1S/C9H17NO2S/c1-10(2)5-6-13-8(9(11)12)7-3-4-7/h7-8H,3-6H2,1-2H3,(H,11,12). The molecule has 0 aromatic carbocycles. The van der Waals surface area contributed by atoms with Gasteiger partial charge in [0.15, 0.2) is 0 Å². The maximum Gasteiger partial charge on any atom is 0.316 e. The molecule has 1 aliphatic rings. The first-order valence-corrected chi connectivity index (χ1v) is 5.65. The van der Waals surface area contributed by atoms with Crippen LogP contribution >= 0.6 is 11.8 Å². The van der Waals surface area contributed by atoms with Gasteiger partial charge in [-0.05, 0) is 32.9 Å². The molecule has 1 unspecified atom stereocenters. The van der Waals surface area contributed by atoms with Gasteiger partial charge in [0.25, 0.3) is 0 Å². The van der Waals surface area contributed by atoms with Crippen LogP contribution in [-0.2, 0) is 4.79 Å². The van der Waals surface area contributed by atoms with Crippen molar-refractivity contribution in [2.45, 2.75) is 18.1 Å². The van der Waals surface area contributed by atoms with Crippen LogP contribution < -0.4 is 0 Å². The lowest BCUT2D eigenvalue weighted by molar-refractivity contribution is -0.136. The summed E-state index contributed by atoms with van der Waals surface area (Å²) in [6.45, 7) is 0.959. The van der Waals surface area contributed by atoms with E-state index in [4.69, 9.17) is 5.11 Å². The van der Waals surface area contributed by atoms with E-state index in [1.54, 1.807) is 11.8 Å². The third-order valence-corrected chi connectivity index (χ3v) is 3.49. The maximum atomic E-state index is 10.8. The molecule has 76 valence electrons. The van der Waals surface area contributed by atoms with Gasteiger partial charge < -0.3 is 10.0 Å². The van der Waals surface area contributed by atoms with Crippen LogP contribution in [0.5, 0.6) is 0 Å². The third-order valence-electron chi connectivity index (χ3n) is 2.13. The predicted molar refractivity (Wildman–Crippen MR) is 55.2 cm³/mol. The van der Waals surface area contributed by atoms with Crippen LogP contribution in [0, 0.1) is 5.92 Å². The average Bonchev–Trinajstić information content (AvgIpc) is 2.79. The summed E-state index contributed by atoms with van der Waals surface area (Å²) in [6, 6.07) is 0. The Bertz CT molecular complexity index is 180. The van der Waals surface area contributed by atoms with Crippen LogP contribution in [0.2, 0.25) is 0 Å². The molecule has 0 radical (unpaired) electrons. The summed E-state index contributed by atoms with van der Waals surface area (Å²) in [5, 5.41) is 8.76. The quantitative estimate of drug-likeness (QED) is 0.703. The molecule has 1 fully saturated rings. The summed E-state index contributed by atoms with van der Waals surface area (Å²) in [6.07, 6.45) is 2.21. The fraction of sp³-hybridized carbons (Fsp3) is 0.889. The zero-order valence-electron chi connectivity index (χ0n) is 8.19. The fourth-order valence-corrected chi connectivity index (χ4v) is 2.58.